The van der Waals surface area contributed by atoms with Gasteiger partial charge in [0.25, 0.3) is 0 Å². The quantitative estimate of drug-likeness (QED) is 0.789. The normalized spacial score (nSPS) is 28.7. The molecule has 0 aromatic carbocycles. The van der Waals surface area contributed by atoms with Crippen molar-refractivity contribution in [3.05, 3.63) is 11.2 Å². The number of nitrogen functional groups attached to an aromatic ring is 1. The third-order valence-electron chi connectivity index (χ3n) is 3.43. The van der Waals surface area contributed by atoms with Gasteiger partial charge in [0.1, 0.15) is 5.02 Å². The molecule has 2 bridgehead atoms. The molecule has 2 heterocycles. The summed E-state index contributed by atoms with van der Waals surface area (Å²) in [6.45, 7) is 1.07. The van der Waals surface area contributed by atoms with Gasteiger partial charge in [-0.3, -0.25) is 0 Å². The summed E-state index contributed by atoms with van der Waals surface area (Å²) < 4.78 is 0. The third kappa shape index (κ3) is 1.44. The molecule has 2 unspecified atom stereocenters. The Bertz CT molecular complexity index is 395. The molecule has 3 rings (SSSR count). The van der Waals surface area contributed by atoms with Gasteiger partial charge >= 0.3 is 0 Å². The summed E-state index contributed by atoms with van der Waals surface area (Å²) in [6, 6.07) is 0.613. The average molecular weight is 225 g/mol. The molecular formula is C10H13ClN4. The van der Waals surface area contributed by atoms with E-state index in [1.807, 2.05) is 0 Å². The van der Waals surface area contributed by atoms with Crippen molar-refractivity contribution in [2.45, 2.75) is 25.3 Å². The molecule has 5 heteroatoms. The van der Waals surface area contributed by atoms with Gasteiger partial charge in [0.05, 0.1) is 6.20 Å². The van der Waals surface area contributed by atoms with Crippen molar-refractivity contribution in [1.82, 2.24) is 9.97 Å². The van der Waals surface area contributed by atoms with Gasteiger partial charge in [0, 0.05) is 12.6 Å². The zero-order valence-electron chi connectivity index (χ0n) is 8.36. The first-order valence-electron chi connectivity index (χ1n) is 5.28. The zero-order valence-corrected chi connectivity index (χ0v) is 9.11. The Morgan fingerprint density at radius 3 is 3.00 bits per heavy atom. The number of rotatable bonds is 1. The van der Waals surface area contributed by atoms with Crippen LogP contribution in [0.5, 0.6) is 0 Å². The first kappa shape index (κ1) is 9.21. The lowest BCUT2D eigenvalue weighted by molar-refractivity contribution is 0.550. The van der Waals surface area contributed by atoms with Crippen molar-refractivity contribution in [1.29, 1.82) is 0 Å². The Balaban J connectivity index is 1.96. The molecule has 2 fully saturated rings. The number of fused-ring (bicyclic) bond motifs is 2. The van der Waals surface area contributed by atoms with Gasteiger partial charge in [-0.05, 0) is 25.2 Å². The largest absolute Gasteiger partial charge is 0.368 e. The Hall–Kier alpha value is -1.03. The fraction of sp³-hybridized carbons (Fsp3) is 0.600. The van der Waals surface area contributed by atoms with Crippen molar-refractivity contribution in [3.63, 3.8) is 0 Å². The average Bonchev–Trinajstić information content (AvgIpc) is 2.83. The molecule has 1 aliphatic carbocycles. The summed E-state index contributed by atoms with van der Waals surface area (Å²) in [5.41, 5.74) is 5.59. The number of piperidine rings is 1. The molecule has 1 saturated carbocycles. The van der Waals surface area contributed by atoms with Crippen molar-refractivity contribution in [3.8, 4) is 0 Å². The molecule has 1 aromatic rings. The molecule has 0 amide bonds. The predicted molar refractivity (Wildman–Crippen MR) is 59.9 cm³/mol. The maximum atomic E-state index is 6.09. The molecule has 80 valence electrons. The van der Waals surface area contributed by atoms with E-state index in [0.29, 0.717) is 17.0 Å². The van der Waals surface area contributed by atoms with Crippen LogP contribution in [0.4, 0.5) is 11.8 Å². The zero-order chi connectivity index (χ0) is 10.4. The van der Waals surface area contributed by atoms with E-state index in [9.17, 15) is 0 Å². The van der Waals surface area contributed by atoms with E-state index in [2.05, 4.69) is 14.9 Å². The van der Waals surface area contributed by atoms with E-state index in [0.717, 1.165) is 18.3 Å². The highest BCUT2D eigenvalue weighted by molar-refractivity contribution is 6.32. The lowest BCUT2D eigenvalue weighted by atomic mass is 10.1. The molecule has 2 N–H and O–H groups in total. The predicted octanol–water partition coefficient (Wildman–Crippen LogP) is 1.70. The number of nitrogens with two attached hydrogens (primary N) is 1. The molecule has 1 aromatic heterocycles. The number of halogens is 1. The molecule has 0 radical (unpaired) electrons. The van der Waals surface area contributed by atoms with Crippen LogP contribution in [0.3, 0.4) is 0 Å². The second-order valence-electron chi connectivity index (χ2n) is 4.39. The second kappa shape index (κ2) is 3.23. The minimum Gasteiger partial charge on any atom is -0.368 e. The van der Waals surface area contributed by atoms with Gasteiger partial charge in [-0.2, -0.15) is 4.98 Å². The van der Waals surface area contributed by atoms with E-state index in [-0.39, 0.29) is 0 Å². The van der Waals surface area contributed by atoms with E-state index < -0.39 is 0 Å². The number of hydrogen-bond acceptors (Lipinski definition) is 4. The molecule has 2 aliphatic rings. The van der Waals surface area contributed by atoms with Crippen molar-refractivity contribution >= 4 is 23.4 Å². The van der Waals surface area contributed by atoms with Crippen LogP contribution >= 0.6 is 11.6 Å². The van der Waals surface area contributed by atoms with Gasteiger partial charge in [-0.15, -0.1) is 0 Å². The maximum absolute atomic E-state index is 6.09. The van der Waals surface area contributed by atoms with Gasteiger partial charge in [-0.1, -0.05) is 11.6 Å². The van der Waals surface area contributed by atoms with Gasteiger partial charge in [-0.25, -0.2) is 4.98 Å². The smallest absolute Gasteiger partial charge is 0.222 e. The number of anilines is 2. The molecular weight excluding hydrogens is 212 g/mol. The lowest BCUT2D eigenvalue weighted by Crippen LogP contribution is -2.33. The van der Waals surface area contributed by atoms with Crippen LogP contribution in [0.2, 0.25) is 5.02 Å². The van der Waals surface area contributed by atoms with Crippen LogP contribution in [-0.4, -0.2) is 22.6 Å². The SMILES string of the molecule is Nc1ncc(Cl)c(N2CC3CCC2C3)n1. The number of aromatic nitrogens is 2. The van der Waals surface area contributed by atoms with E-state index in [4.69, 9.17) is 17.3 Å². The van der Waals surface area contributed by atoms with E-state index in [1.54, 1.807) is 6.20 Å². The van der Waals surface area contributed by atoms with Crippen LogP contribution < -0.4 is 10.6 Å². The summed E-state index contributed by atoms with van der Waals surface area (Å²) in [5, 5.41) is 0.608. The molecule has 4 nitrogen and oxygen atoms in total. The minimum absolute atomic E-state index is 0.303. The summed E-state index contributed by atoms with van der Waals surface area (Å²) >= 11 is 6.09. The van der Waals surface area contributed by atoms with Gasteiger partial charge in [0.2, 0.25) is 5.95 Å². The van der Waals surface area contributed by atoms with Crippen LogP contribution in [0.15, 0.2) is 6.20 Å². The highest BCUT2D eigenvalue weighted by Crippen LogP contribution is 2.41. The van der Waals surface area contributed by atoms with Crippen LogP contribution in [-0.2, 0) is 0 Å². The first-order chi connectivity index (χ1) is 7.24. The van der Waals surface area contributed by atoms with Crippen molar-refractivity contribution < 1.29 is 0 Å². The Morgan fingerprint density at radius 2 is 2.33 bits per heavy atom. The summed E-state index contributed by atoms with van der Waals surface area (Å²) in [6.07, 6.45) is 5.47. The topological polar surface area (TPSA) is 55.0 Å². The first-order valence-corrected chi connectivity index (χ1v) is 5.66. The van der Waals surface area contributed by atoms with Crippen LogP contribution in [0.25, 0.3) is 0 Å². The maximum Gasteiger partial charge on any atom is 0.222 e. The highest BCUT2D eigenvalue weighted by Gasteiger charge is 2.39. The van der Waals surface area contributed by atoms with Crippen molar-refractivity contribution in [2.75, 3.05) is 17.2 Å². The third-order valence-corrected chi connectivity index (χ3v) is 3.69. The van der Waals surface area contributed by atoms with E-state index >= 15 is 0 Å². The summed E-state index contributed by atoms with van der Waals surface area (Å²) in [7, 11) is 0. The van der Waals surface area contributed by atoms with Gasteiger partial charge in [0.15, 0.2) is 5.82 Å². The highest BCUT2D eigenvalue weighted by atomic mass is 35.5. The van der Waals surface area contributed by atoms with Crippen molar-refractivity contribution in [2.24, 2.45) is 5.92 Å². The number of hydrogen-bond donors (Lipinski definition) is 1. The molecule has 0 spiro atoms. The fourth-order valence-corrected chi connectivity index (χ4v) is 2.96. The second-order valence-corrected chi connectivity index (χ2v) is 4.79. The van der Waals surface area contributed by atoms with Gasteiger partial charge < -0.3 is 10.6 Å². The summed E-state index contributed by atoms with van der Waals surface area (Å²) in [4.78, 5) is 10.4. The fourth-order valence-electron chi connectivity index (χ4n) is 2.76. The molecule has 2 atom stereocenters. The molecule has 1 aliphatic heterocycles. The van der Waals surface area contributed by atoms with E-state index in [1.165, 1.54) is 19.3 Å². The Morgan fingerprint density at radius 1 is 1.47 bits per heavy atom. The summed E-state index contributed by atoms with van der Waals surface area (Å²) in [5.74, 6) is 1.94. The van der Waals surface area contributed by atoms with Crippen LogP contribution in [0.1, 0.15) is 19.3 Å². The van der Waals surface area contributed by atoms with Crippen LogP contribution in [0, 0.1) is 5.92 Å². The lowest BCUT2D eigenvalue weighted by Gasteiger charge is -2.28. The minimum atomic E-state index is 0.303. The Labute approximate surface area is 93.5 Å². The Kier molecular flexibility index (Phi) is 1.99. The molecule has 1 saturated heterocycles. The monoisotopic (exact) mass is 224 g/mol. The standard InChI is InChI=1S/C10H13ClN4/c11-8-4-13-10(12)14-9(8)15-5-6-1-2-7(15)3-6/h4,6-7H,1-3,5H2,(H2,12,13,14). The number of nitrogens with zero attached hydrogens (tertiary/aromatic N) is 3. The molecule has 15 heavy (non-hydrogen) atoms.